The van der Waals surface area contributed by atoms with Crippen LogP contribution in [0.1, 0.15) is 75.7 Å². The summed E-state index contributed by atoms with van der Waals surface area (Å²) in [5.41, 5.74) is 0.869. The zero-order valence-corrected chi connectivity index (χ0v) is 20.1. The molecule has 2 fully saturated rings. The van der Waals surface area contributed by atoms with E-state index >= 15 is 0 Å². The summed E-state index contributed by atoms with van der Waals surface area (Å²) in [7, 11) is 0. The van der Waals surface area contributed by atoms with Gasteiger partial charge in [-0.2, -0.15) is 0 Å². The minimum absolute atomic E-state index is 0.0208. The van der Waals surface area contributed by atoms with Crippen molar-refractivity contribution in [3.8, 4) is 0 Å². The average Bonchev–Trinajstić information content (AvgIpc) is 3.05. The molecule has 8 heteroatoms. The molecule has 0 bridgehead atoms. The number of fused-ring (bicyclic) bond motifs is 1. The third-order valence-electron chi connectivity index (χ3n) is 6.63. The summed E-state index contributed by atoms with van der Waals surface area (Å²) in [6, 6.07) is 5.57. The minimum Gasteiger partial charge on any atom is -0.444 e. The predicted molar refractivity (Wildman–Crippen MR) is 124 cm³/mol. The van der Waals surface area contributed by atoms with Gasteiger partial charge < -0.3 is 14.2 Å². The number of alkyl halides is 2. The lowest BCUT2D eigenvalue weighted by Crippen LogP contribution is -2.52. The SMILES string of the molecule is CC(C)(C)OC(=O)N1CC(n2cc(C(=O)CCC3CCC(F)(F)CC3)c3c(Cl)cccc32)C1. The first kappa shape index (κ1) is 24.0. The second kappa shape index (κ2) is 8.90. The van der Waals surface area contributed by atoms with Crippen molar-refractivity contribution in [3.63, 3.8) is 0 Å². The number of Topliss-reactive ketones (excluding diaryl/α,β-unsaturated/α-hetero) is 1. The van der Waals surface area contributed by atoms with E-state index in [1.54, 1.807) is 11.0 Å². The van der Waals surface area contributed by atoms with Crippen molar-refractivity contribution in [3.05, 3.63) is 35.0 Å². The Hall–Kier alpha value is -2.15. The number of hydrogen-bond acceptors (Lipinski definition) is 3. The van der Waals surface area contributed by atoms with Crippen LogP contribution in [0.3, 0.4) is 0 Å². The predicted octanol–water partition coefficient (Wildman–Crippen LogP) is 6.87. The van der Waals surface area contributed by atoms with Crippen molar-refractivity contribution < 1.29 is 23.1 Å². The lowest BCUT2D eigenvalue weighted by Gasteiger charge is -2.40. The van der Waals surface area contributed by atoms with Gasteiger partial charge in [0.25, 0.3) is 0 Å². The van der Waals surface area contributed by atoms with Crippen molar-refractivity contribution in [1.29, 1.82) is 0 Å². The van der Waals surface area contributed by atoms with E-state index in [1.165, 1.54) is 0 Å². The molecule has 1 aliphatic carbocycles. The third kappa shape index (κ3) is 5.34. The van der Waals surface area contributed by atoms with E-state index in [2.05, 4.69) is 0 Å². The number of halogens is 3. The highest BCUT2D eigenvalue weighted by atomic mass is 35.5. The van der Waals surface area contributed by atoms with Crippen LogP contribution in [0.15, 0.2) is 24.4 Å². The van der Waals surface area contributed by atoms with Crippen LogP contribution < -0.4 is 0 Å². The summed E-state index contributed by atoms with van der Waals surface area (Å²) in [6.07, 6.45) is 3.17. The summed E-state index contributed by atoms with van der Waals surface area (Å²) < 4.78 is 34.3. The van der Waals surface area contributed by atoms with Crippen LogP contribution in [-0.4, -0.2) is 46.0 Å². The van der Waals surface area contributed by atoms with Gasteiger partial charge >= 0.3 is 6.09 Å². The Labute approximate surface area is 198 Å². The maximum atomic E-state index is 13.4. The van der Waals surface area contributed by atoms with Crippen molar-refractivity contribution in [2.45, 2.75) is 76.9 Å². The molecule has 33 heavy (non-hydrogen) atoms. The molecule has 0 radical (unpaired) electrons. The molecule has 1 amide bonds. The van der Waals surface area contributed by atoms with Crippen LogP contribution in [0.5, 0.6) is 0 Å². The molecule has 0 unspecified atom stereocenters. The van der Waals surface area contributed by atoms with E-state index in [0.29, 0.717) is 49.4 Å². The fraction of sp³-hybridized carbons (Fsp3) is 0.600. The molecule has 1 saturated carbocycles. The smallest absolute Gasteiger partial charge is 0.410 e. The van der Waals surface area contributed by atoms with E-state index < -0.39 is 11.5 Å². The van der Waals surface area contributed by atoms with Crippen LogP contribution in [0, 0.1) is 5.92 Å². The standard InChI is InChI=1S/C25H31ClF2N2O3/c1-24(2,3)33-23(32)29-13-17(14-29)30-15-18(22-19(26)5-4-6-20(22)30)21(31)8-7-16-9-11-25(27,28)12-10-16/h4-6,15-17H,7-14H2,1-3H3. The molecular weight excluding hydrogens is 450 g/mol. The molecule has 1 aliphatic heterocycles. The average molecular weight is 481 g/mol. The molecule has 0 spiro atoms. The Balaban J connectivity index is 1.46. The molecule has 1 aromatic heterocycles. The number of rotatable bonds is 5. The van der Waals surface area contributed by atoms with Gasteiger partial charge in [0.1, 0.15) is 5.60 Å². The fourth-order valence-corrected chi connectivity index (χ4v) is 5.02. The van der Waals surface area contributed by atoms with Gasteiger partial charge in [-0.3, -0.25) is 4.79 Å². The van der Waals surface area contributed by atoms with E-state index in [9.17, 15) is 18.4 Å². The number of aromatic nitrogens is 1. The summed E-state index contributed by atoms with van der Waals surface area (Å²) in [6.45, 7) is 6.49. The van der Waals surface area contributed by atoms with Gasteiger partial charge in [-0.1, -0.05) is 17.7 Å². The first-order chi connectivity index (χ1) is 15.4. The van der Waals surface area contributed by atoms with Crippen LogP contribution in [0.2, 0.25) is 5.02 Å². The molecule has 4 rings (SSSR count). The number of carbonyl (C=O) groups excluding carboxylic acids is 2. The first-order valence-electron chi connectivity index (χ1n) is 11.6. The van der Waals surface area contributed by atoms with Crippen LogP contribution in [0.4, 0.5) is 13.6 Å². The van der Waals surface area contributed by atoms with Crippen molar-refractivity contribution in [1.82, 2.24) is 9.47 Å². The molecule has 0 atom stereocenters. The van der Waals surface area contributed by atoms with Gasteiger partial charge in [-0.05, 0) is 58.1 Å². The maximum absolute atomic E-state index is 13.4. The Kier molecular flexibility index (Phi) is 6.47. The topological polar surface area (TPSA) is 51.5 Å². The van der Waals surface area contributed by atoms with E-state index in [1.807, 2.05) is 43.7 Å². The van der Waals surface area contributed by atoms with Gasteiger partial charge in [-0.25, -0.2) is 13.6 Å². The zero-order valence-electron chi connectivity index (χ0n) is 19.4. The summed E-state index contributed by atoms with van der Waals surface area (Å²) in [5.74, 6) is -2.42. The second-order valence-electron chi connectivity index (χ2n) is 10.4. The van der Waals surface area contributed by atoms with E-state index in [0.717, 1.165) is 10.9 Å². The lowest BCUT2D eigenvalue weighted by molar-refractivity contribution is -0.0464. The van der Waals surface area contributed by atoms with Gasteiger partial charge in [0.2, 0.25) is 5.92 Å². The normalized spacial score (nSPS) is 19.5. The quantitative estimate of drug-likeness (QED) is 0.438. The summed E-state index contributed by atoms with van der Waals surface area (Å²) in [5, 5.41) is 1.23. The zero-order chi connectivity index (χ0) is 24.0. The molecular formula is C25H31ClF2N2O3. The molecule has 2 aromatic rings. The largest absolute Gasteiger partial charge is 0.444 e. The number of amides is 1. The highest BCUT2D eigenvalue weighted by molar-refractivity contribution is 6.37. The Morgan fingerprint density at radius 3 is 2.48 bits per heavy atom. The Morgan fingerprint density at radius 2 is 1.85 bits per heavy atom. The monoisotopic (exact) mass is 480 g/mol. The highest BCUT2D eigenvalue weighted by Crippen LogP contribution is 2.39. The molecule has 5 nitrogen and oxygen atoms in total. The molecule has 2 aliphatic rings. The Morgan fingerprint density at radius 1 is 1.18 bits per heavy atom. The third-order valence-corrected chi connectivity index (χ3v) is 6.95. The number of likely N-dealkylation sites (tertiary alicyclic amines) is 1. The maximum Gasteiger partial charge on any atom is 0.410 e. The molecule has 2 heterocycles. The number of ketones is 1. The summed E-state index contributed by atoms with van der Waals surface area (Å²) in [4.78, 5) is 27.1. The second-order valence-corrected chi connectivity index (χ2v) is 10.8. The van der Waals surface area contributed by atoms with Crippen LogP contribution in [0.25, 0.3) is 10.9 Å². The molecule has 1 saturated heterocycles. The van der Waals surface area contributed by atoms with Gasteiger partial charge in [0, 0.05) is 49.5 Å². The Bertz CT molecular complexity index is 1040. The fourth-order valence-electron chi connectivity index (χ4n) is 4.75. The van der Waals surface area contributed by atoms with Gasteiger partial charge in [0.05, 0.1) is 16.6 Å². The van der Waals surface area contributed by atoms with Crippen LogP contribution >= 0.6 is 11.6 Å². The van der Waals surface area contributed by atoms with Crippen molar-refractivity contribution >= 4 is 34.4 Å². The highest BCUT2D eigenvalue weighted by Gasteiger charge is 2.37. The first-order valence-corrected chi connectivity index (χ1v) is 12.0. The number of hydrogen-bond donors (Lipinski definition) is 0. The van der Waals surface area contributed by atoms with Crippen molar-refractivity contribution in [2.24, 2.45) is 5.92 Å². The van der Waals surface area contributed by atoms with E-state index in [-0.39, 0.29) is 36.7 Å². The van der Waals surface area contributed by atoms with Gasteiger partial charge in [0.15, 0.2) is 5.78 Å². The van der Waals surface area contributed by atoms with Crippen molar-refractivity contribution in [2.75, 3.05) is 13.1 Å². The number of ether oxygens (including phenoxy) is 1. The number of nitrogens with zero attached hydrogens (tertiary/aromatic N) is 2. The number of benzene rings is 1. The van der Waals surface area contributed by atoms with Gasteiger partial charge in [-0.15, -0.1) is 0 Å². The lowest BCUT2D eigenvalue weighted by atomic mass is 9.83. The number of carbonyl (C=O) groups is 2. The molecule has 1 aromatic carbocycles. The minimum atomic E-state index is -2.56. The molecule has 180 valence electrons. The van der Waals surface area contributed by atoms with Crippen LogP contribution in [-0.2, 0) is 4.74 Å². The van der Waals surface area contributed by atoms with E-state index in [4.69, 9.17) is 16.3 Å². The molecule has 0 N–H and O–H groups in total. The summed E-state index contributed by atoms with van der Waals surface area (Å²) >= 11 is 6.48.